The van der Waals surface area contributed by atoms with Crippen LogP contribution in [0.15, 0.2) is 15.9 Å². The van der Waals surface area contributed by atoms with Gasteiger partial charge in [0.25, 0.3) is 0 Å². The second-order valence-corrected chi connectivity index (χ2v) is 7.89. The lowest BCUT2D eigenvalue weighted by molar-refractivity contribution is -0.120. The van der Waals surface area contributed by atoms with Crippen molar-refractivity contribution < 1.29 is 14.3 Å². The first-order valence-corrected chi connectivity index (χ1v) is 8.18. The lowest BCUT2D eigenvalue weighted by Gasteiger charge is -2.32. The molecule has 0 bridgehead atoms. The number of aromatic nitrogens is 1. The van der Waals surface area contributed by atoms with Crippen LogP contribution in [0.25, 0.3) is 0 Å². The third kappa shape index (κ3) is 4.21. The van der Waals surface area contributed by atoms with Gasteiger partial charge in [-0.05, 0) is 20.8 Å². The molecule has 2 rings (SSSR count). The highest BCUT2D eigenvalue weighted by atomic mass is 32.2. The molecule has 1 amide bonds. The van der Waals surface area contributed by atoms with Crippen LogP contribution in [0.2, 0.25) is 0 Å². The van der Waals surface area contributed by atoms with E-state index in [1.54, 1.807) is 11.1 Å². The maximum absolute atomic E-state index is 12.0. The van der Waals surface area contributed by atoms with Gasteiger partial charge < -0.3 is 9.64 Å². The Kier molecular flexibility index (Phi) is 4.70. The van der Waals surface area contributed by atoms with Gasteiger partial charge in [-0.2, -0.15) is 0 Å². The van der Waals surface area contributed by atoms with Gasteiger partial charge in [-0.1, -0.05) is 11.8 Å². The van der Waals surface area contributed by atoms with Gasteiger partial charge in [0.1, 0.15) is 11.4 Å². The molecule has 110 valence electrons. The predicted octanol–water partition coefficient (Wildman–Crippen LogP) is 2.81. The fourth-order valence-corrected chi connectivity index (χ4v) is 3.75. The van der Waals surface area contributed by atoms with E-state index in [1.165, 1.54) is 23.1 Å². The van der Waals surface area contributed by atoms with E-state index in [0.29, 0.717) is 19.5 Å². The number of hydrogen-bond acceptors (Lipinski definition) is 6. The van der Waals surface area contributed by atoms with Crippen molar-refractivity contribution in [2.75, 3.05) is 13.1 Å². The van der Waals surface area contributed by atoms with Crippen LogP contribution in [-0.4, -0.2) is 45.7 Å². The first kappa shape index (κ1) is 15.3. The van der Waals surface area contributed by atoms with E-state index in [-0.39, 0.29) is 17.1 Å². The molecule has 1 unspecified atom stereocenters. The fraction of sp³-hybridized carbons (Fsp3) is 0.615. The molecule has 1 saturated heterocycles. The Hall–Kier alpha value is -1.08. The molecule has 0 radical (unpaired) electrons. The highest BCUT2D eigenvalue weighted by Gasteiger charge is 2.33. The number of thiazole rings is 1. The number of ether oxygens (including phenoxy) is 1. The van der Waals surface area contributed by atoms with Crippen molar-refractivity contribution in [3.05, 3.63) is 11.6 Å². The first-order valence-electron chi connectivity index (χ1n) is 6.42. The molecule has 2 heterocycles. The van der Waals surface area contributed by atoms with E-state index in [4.69, 9.17) is 4.74 Å². The van der Waals surface area contributed by atoms with Crippen LogP contribution in [-0.2, 0) is 9.53 Å². The number of piperidine rings is 1. The zero-order valence-electron chi connectivity index (χ0n) is 11.8. The number of rotatable bonds is 2. The number of thioether (sulfide) groups is 1. The van der Waals surface area contributed by atoms with Crippen LogP contribution in [0.1, 0.15) is 27.2 Å². The molecule has 0 N–H and O–H groups in total. The Morgan fingerprint density at radius 1 is 1.55 bits per heavy atom. The molecule has 1 aliphatic rings. The minimum Gasteiger partial charge on any atom is -0.444 e. The van der Waals surface area contributed by atoms with Crippen LogP contribution in [0.4, 0.5) is 4.79 Å². The van der Waals surface area contributed by atoms with Crippen molar-refractivity contribution >= 4 is 35.0 Å². The summed E-state index contributed by atoms with van der Waals surface area (Å²) in [5.74, 6) is 0.171. The minimum absolute atomic E-state index is 0.171. The van der Waals surface area contributed by atoms with Crippen molar-refractivity contribution in [1.29, 1.82) is 0 Å². The summed E-state index contributed by atoms with van der Waals surface area (Å²) in [7, 11) is 0. The van der Waals surface area contributed by atoms with Gasteiger partial charge in [-0.15, -0.1) is 11.3 Å². The number of amides is 1. The van der Waals surface area contributed by atoms with Crippen molar-refractivity contribution in [1.82, 2.24) is 9.88 Å². The maximum Gasteiger partial charge on any atom is 0.410 e. The summed E-state index contributed by atoms with van der Waals surface area (Å²) >= 11 is 2.93. The molecule has 5 nitrogen and oxygen atoms in total. The number of ketones is 1. The van der Waals surface area contributed by atoms with E-state index >= 15 is 0 Å². The zero-order chi connectivity index (χ0) is 14.8. The monoisotopic (exact) mass is 314 g/mol. The van der Waals surface area contributed by atoms with Gasteiger partial charge in [-0.3, -0.25) is 4.79 Å². The lowest BCUT2D eigenvalue weighted by Crippen LogP contribution is -2.47. The highest BCUT2D eigenvalue weighted by Crippen LogP contribution is 2.29. The molecule has 0 aromatic carbocycles. The Labute approximate surface area is 126 Å². The molecule has 0 aliphatic carbocycles. The Bertz CT molecular complexity index is 482. The average molecular weight is 314 g/mol. The Balaban J connectivity index is 1.97. The molecule has 20 heavy (non-hydrogen) atoms. The van der Waals surface area contributed by atoms with Crippen LogP contribution >= 0.6 is 23.1 Å². The Morgan fingerprint density at radius 3 is 2.90 bits per heavy atom. The van der Waals surface area contributed by atoms with E-state index in [0.717, 1.165) is 4.34 Å². The number of nitrogens with zero attached hydrogens (tertiary/aromatic N) is 2. The molecule has 1 aromatic rings. The normalized spacial score (nSPS) is 20.1. The Morgan fingerprint density at radius 2 is 2.30 bits per heavy atom. The van der Waals surface area contributed by atoms with Crippen LogP contribution in [0, 0.1) is 0 Å². The number of carbonyl (C=O) groups is 2. The summed E-state index contributed by atoms with van der Waals surface area (Å²) in [5, 5.41) is 1.63. The van der Waals surface area contributed by atoms with Gasteiger partial charge >= 0.3 is 6.09 Å². The molecule has 1 fully saturated rings. The maximum atomic E-state index is 12.0. The van der Waals surface area contributed by atoms with Crippen LogP contribution < -0.4 is 0 Å². The van der Waals surface area contributed by atoms with Crippen LogP contribution in [0.5, 0.6) is 0 Å². The minimum atomic E-state index is -0.517. The van der Waals surface area contributed by atoms with Gasteiger partial charge in [0.15, 0.2) is 4.34 Å². The van der Waals surface area contributed by atoms with Crippen molar-refractivity contribution in [2.45, 2.75) is 42.4 Å². The number of likely N-dealkylation sites (tertiary alicyclic amines) is 1. The highest BCUT2D eigenvalue weighted by molar-refractivity contribution is 8.02. The smallest absolute Gasteiger partial charge is 0.410 e. The van der Waals surface area contributed by atoms with Gasteiger partial charge in [0.2, 0.25) is 0 Å². The van der Waals surface area contributed by atoms with Gasteiger partial charge in [0.05, 0.1) is 5.25 Å². The molecular formula is C13H18N2O3S2. The van der Waals surface area contributed by atoms with Crippen molar-refractivity contribution in [3.8, 4) is 0 Å². The van der Waals surface area contributed by atoms with Gasteiger partial charge in [0, 0.05) is 31.1 Å². The number of carbonyl (C=O) groups excluding carboxylic acids is 2. The number of hydrogen-bond donors (Lipinski definition) is 0. The summed E-state index contributed by atoms with van der Waals surface area (Å²) in [6.07, 6.45) is 1.74. The third-order valence-electron chi connectivity index (χ3n) is 2.68. The number of Topliss-reactive ketones (excluding diaryl/α,β-unsaturated/α-hetero) is 1. The first-order chi connectivity index (χ1) is 9.35. The molecule has 1 aliphatic heterocycles. The second kappa shape index (κ2) is 6.13. The third-order valence-corrected chi connectivity index (χ3v) is 4.82. The fourth-order valence-electron chi connectivity index (χ4n) is 1.78. The summed E-state index contributed by atoms with van der Waals surface area (Å²) in [6.45, 7) is 6.33. The summed E-state index contributed by atoms with van der Waals surface area (Å²) < 4.78 is 6.21. The lowest BCUT2D eigenvalue weighted by atomic mass is 10.1. The van der Waals surface area contributed by atoms with E-state index < -0.39 is 5.60 Å². The molecule has 1 atom stereocenters. The predicted molar refractivity (Wildman–Crippen MR) is 79.2 cm³/mol. The SMILES string of the molecule is CC(C)(C)OC(=O)N1CCC(=O)C(Sc2nccs2)C1. The van der Waals surface area contributed by atoms with Crippen molar-refractivity contribution in [3.63, 3.8) is 0 Å². The van der Waals surface area contributed by atoms with Crippen molar-refractivity contribution in [2.24, 2.45) is 0 Å². The second-order valence-electron chi connectivity index (χ2n) is 5.55. The van der Waals surface area contributed by atoms with E-state index in [2.05, 4.69) is 4.98 Å². The largest absolute Gasteiger partial charge is 0.444 e. The quantitative estimate of drug-likeness (QED) is 0.840. The van der Waals surface area contributed by atoms with E-state index in [1.807, 2.05) is 26.2 Å². The molecule has 7 heteroatoms. The topological polar surface area (TPSA) is 59.5 Å². The standard InChI is InChI=1S/C13H18N2O3S2/c1-13(2,3)18-12(17)15-6-4-9(16)10(8-15)20-11-14-5-7-19-11/h5,7,10H,4,6,8H2,1-3H3. The van der Waals surface area contributed by atoms with E-state index in [9.17, 15) is 9.59 Å². The summed E-state index contributed by atoms with van der Waals surface area (Å²) in [4.78, 5) is 29.8. The summed E-state index contributed by atoms with van der Waals surface area (Å²) in [6, 6.07) is 0. The molecular weight excluding hydrogens is 296 g/mol. The van der Waals surface area contributed by atoms with Crippen LogP contribution in [0.3, 0.4) is 0 Å². The van der Waals surface area contributed by atoms with Gasteiger partial charge in [-0.25, -0.2) is 9.78 Å². The zero-order valence-corrected chi connectivity index (χ0v) is 13.4. The molecule has 1 aromatic heterocycles. The summed E-state index contributed by atoms with van der Waals surface area (Å²) in [5.41, 5.74) is -0.517. The average Bonchev–Trinajstić information content (AvgIpc) is 2.82. The molecule has 0 spiro atoms. The molecule has 0 saturated carbocycles.